The Morgan fingerprint density at radius 2 is 2.32 bits per heavy atom. The number of aromatic nitrogens is 1. The maximum atomic E-state index is 12.9. The molecule has 0 saturated heterocycles. The van der Waals surface area contributed by atoms with Crippen LogP contribution in [0.25, 0.3) is 0 Å². The topological polar surface area (TPSA) is 63.6 Å². The van der Waals surface area contributed by atoms with Crippen LogP contribution in [0, 0.1) is 19.7 Å². The third-order valence-electron chi connectivity index (χ3n) is 2.72. The third-order valence-corrected chi connectivity index (χ3v) is 3.82. The molecule has 2 rings (SSSR count). The van der Waals surface area contributed by atoms with Crippen LogP contribution < -0.4 is 10.2 Å². The van der Waals surface area contributed by atoms with Gasteiger partial charge in [-0.25, -0.2) is 14.8 Å². The minimum atomic E-state index is -0.411. The summed E-state index contributed by atoms with van der Waals surface area (Å²) in [6.07, 6.45) is 2.22. The molecule has 1 amide bonds. The number of nitrogens with zero attached hydrogens (tertiary/aromatic N) is 2. The highest BCUT2D eigenvalue weighted by molar-refractivity contribution is 7.11. The highest BCUT2D eigenvalue weighted by Gasteiger charge is 2.04. The van der Waals surface area contributed by atoms with Crippen molar-refractivity contribution in [2.24, 2.45) is 5.10 Å². The fraction of sp³-hybridized carbons (Fsp3) is 0.267. The molecule has 0 fully saturated rings. The number of nitrogens with one attached hydrogen (secondary N) is 1. The van der Waals surface area contributed by atoms with Crippen molar-refractivity contribution in [3.05, 3.63) is 45.7 Å². The molecule has 1 heterocycles. The number of carbonyl (C=O) groups is 1. The first kappa shape index (κ1) is 16.1. The Bertz CT molecular complexity index is 685. The van der Waals surface area contributed by atoms with E-state index in [1.165, 1.54) is 18.2 Å². The molecule has 0 radical (unpaired) electrons. The summed E-state index contributed by atoms with van der Waals surface area (Å²) in [5.41, 5.74) is 3.34. The van der Waals surface area contributed by atoms with Gasteiger partial charge in [0.25, 0.3) is 5.91 Å². The number of rotatable bonds is 6. The van der Waals surface area contributed by atoms with Gasteiger partial charge >= 0.3 is 0 Å². The number of carbonyl (C=O) groups excluding carboxylic acids is 1. The molecule has 2 aromatic rings. The molecule has 0 spiro atoms. The van der Waals surface area contributed by atoms with Gasteiger partial charge in [0.15, 0.2) is 6.61 Å². The van der Waals surface area contributed by atoms with Crippen LogP contribution in [0.2, 0.25) is 0 Å². The number of amides is 1. The van der Waals surface area contributed by atoms with Crippen molar-refractivity contribution in [3.63, 3.8) is 0 Å². The number of hydrogen-bond acceptors (Lipinski definition) is 5. The third kappa shape index (κ3) is 4.92. The zero-order chi connectivity index (χ0) is 15.9. The smallest absolute Gasteiger partial charge is 0.277 e. The molecule has 1 aromatic carbocycles. The van der Waals surface area contributed by atoms with E-state index in [2.05, 4.69) is 15.5 Å². The zero-order valence-electron chi connectivity index (χ0n) is 12.3. The van der Waals surface area contributed by atoms with Gasteiger partial charge in [0.05, 0.1) is 10.7 Å². The van der Waals surface area contributed by atoms with Gasteiger partial charge in [-0.1, -0.05) is 6.07 Å². The highest BCUT2D eigenvalue weighted by Crippen LogP contribution is 2.16. The average molecular weight is 321 g/mol. The van der Waals surface area contributed by atoms with E-state index in [0.29, 0.717) is 12.2 Å². The molecule has 116 valence electrons. The zero-order valence-corrected chi connectivity index (χ0v) is 13.1. The van der Waals surface area contributed by atoms with E-state index in [0.717, 1.165) is 15.6 Å². The Labute approximate surface area is 131 Å². The van der Waals surface area contributed by atoms with E-state index in [1.807, 2.05) is 13.8 Å². The van der Waals surface area contributed by atoms with Crippen molar-refractivity contribution in [3.8, 4) is 5.75 Å². The van der Waals surface area contributed by atoms with E-state index in [9.17, 15) is 9.18 Å². The molecule has 0 bridgehead atoms. The molecule has 1 N–H and O–H groups in total. The Balaban J connectivity index is 1.73. The lowest BCUT2D eigenvalue weighted by Crippen LogP contribution is -2.24. The van der Waals surface area contributed by atoms with Crippen molar-refractivity contribution < 1.29 is 13.9 Å². The van der Waals surface area contributed by atoms with Crippen LogP contribution in [-0.4, -0.2) is 23.7 Å². The molecule has 7 heteroatoms. The normalized spacial score (nSPS) is 10.9. The van der Waals surface area contributed by atoms with Crippen molar-refractivity contribution in [2.45, 2.75) is 20.3 Å². The number of benzene rings is 1. The van der Waals surface area contributed by atoms with Crippen molar-refractivity contribution in [1.29, 1.82) is 0 Å². The summed E-state index contributed by atoms with van der Waals surface area (Å²) in [6, 6.07) is 5.61. The lowest BCUT2D eigenvalue weighted by Gasteiger charge is -2.04. The first-order valence-electron chi connectivity index (χ1n) is 6.66. The number of ether oxygens (including phenoxy) is 1. The van der Waals surface area contributed by atoms with Crippen LogP contribution in [0.1, 0.15) is 15.6 Å². The summed E-state index contributed by atoms with van der Waals surface area (Å²) in [7, 11) is 0. The minimum absolute atomic E-state index is 0.223. The maximum Gasteiger partial charge on any atom is 0.277 e. The summed E-state index contributed by atoms with van der Waals surface area (Å²) < 4.78 is 18.1. The summed E-state index contributed by atoms with van der Waals surface area (Å²) in [5.74, 6) is -0.515. The molecular formula is C15H16FN3O2S. The molecule has 0 atom stereocenters. The SMILES string of the molecule is Cc1nc(C)c(CC=NNC(=O)COc2cccc(F)c2)s1. The van der Waals surface area contributed by atoms with Gasteiger partial charge in [-0.3, -0.25) is 4.79 Å². The molecule has 0 aliphatic rings. The Hall–Kier alpha value is -2.28. The Morgan fingerprint density at radius 3 is 3.00 bits per heavy atom. The van der Waals surface area contributed by atoms with Crippen LogP contribution in [0.4, 0.5) is 4.39 Å². The fourth-order valence-electron chi connectivity index (χ4n) is 1.75. The van der Waals surface area contributed by atoms with E-state index >= 15 is 0 Å². The number of halogens is 1. The van der Waals surface area contributed by atoms with Crippen molar-refractivity contribution in [2.75, 3.05) is 6.61 Å². The van der Waals surface area contributed by atoms with Crippen molar-refractivity contribution >= 4 is 23.5 Å². The van der Waals surface area contributed by atoms with Gasteiger partial charge in [-0.15, -0.1) is 11.3 Å². The van der Waals surface area contributed by atoms with Gasteiger partial charge in [-0.2, -0.15) is 5.10 Å². The van der Waals surface area contributed by atoms with E-state index in [-0.39, 0.29) is 6.61 Å². The molecule has 0 aliphatic heterocycles. The van der Waals surface area contributed by atoms with Gasteiger partial charge < -0.3 is 4.74 Å². The van der Waals surface area contributed by atoms with Gasteiger partial charge in [-0.05, 0) is 26.0 Å². The predicted molar refractivity (Wildman–Crippen MR) is 83.8 cm³/mol. The van der Waals surface area contributed by atoms with E-state index in [4.69, 9.17) is 4.74 Å². The fourth-order valence-corrected chi connectivity index (χ4v) is 2.64. The van der Waals surface area contributed by atoms with Crippen LogP contribution in [-0.2, 0) is 11.2 Å². The van der Waals surface area contributed by atoms with Crippen molar-refractivity contribution in [1.82, 2.24) is 10.4 Å². The molecule has 22 heavy (non-hydrogen) atoms. The van der Waals surface area contributed by atoms with E-state index in [1.54, 1.807) is 23.6 Å². The molecule has 5 nitrogen and oxygen atoms in total. The second-order valence-corrected chi connectivity index (χ2v) is 5.83. The van der Waals surface area contributed by atoms with Gasteiger partial charge in [0.1, 0.15) is 11.6 Å². The van der Waals surface area contributed by atoms with E-state index < -0.39 is 11.7 Å². The molecular weight excluding hydrogens is 305 g/mol. The summed E-state index contributed by atoms with van der Waals surface area (Å²) in [4.78, 5) is 17.0. The number of thiazole rings is 1. The van der Waals surface area contributed by atoms with Crippen LogP contribution in [0.15, 0.2) is 29.4 Å². The molecule has 0 aliphatic carbocycles. The van der Waals surface area contributed by atoms with Crippen LogP contribution in [0.3, 0.4) is 0 Å². The maximum absolute atomic E-state index is 12.9. The number of hydrazone groups is 1. The molecule has 0 unspecified atom stereocenters. The predicted octanol–water partition coefficient (Wildman–Crippen LogP) is 2.62. The first-order valence-corrected chi connectivity index (χ1v) is 7.48. The highest BCUT2D eigenvalue weighted by atomic mass is 32.1. The standard InChI is InChI=1S/C15H16FN3O2S/c1-10-14(22-11(2)18-10)6-7-17-19-15(20)9-21-13-5-3-4-12(16)8-13/h3-5,7-8H,6,9H2,1-2H3,(H,19,20). The number of aryl methyl sites for hydroxylation is 2. The summed E-state index contributed by atoms with van der Waals surface area (Å²) in [5, 5.41) is 4.85. The largest absolute Gasteiger partial charge is 0.484 e. The second-order valence-electron chi connectivity index (χ2n) is 4.54. The summed E-state index contributed by atoms with van der Waals surface area (Å²) >= 11 is 1.61. The number of hydrogen-bond donors (Lipinski definition) is 1. The van der Waals surface area contributed by atoms with Gasteiger partial charge in [0.2, 0.25) is 0 Å². The lowest BCUT2D eigenvalue weighted by molar-refractivity contribution is -0.123. The molecule has 0 saturated carbocycles. The quantitative estimate of drug-likeness (QED) is 0.657. The monoisotopic (exact) mass is 321 g/mol. The lowest BCUT2D eigenvalue weighted by atomic mass is 10.3. The van der Waals surface area contributed by atoms with Crippen LogP contribution in [0.5, 0.6) is 5.75 Å². The Kier molecular flexibility index (Phi) is 5.60. The van der Waals surface area contributed by atoms with Gasteiger partial charge in [0, 0.05) is 23.6 Å². The average Bonchev–Trinajstić information content (AvgIpc) is 2.79. The van der Waals surface area contributed by atoms with Crippen LogP contribution >= 0.6 is 11.3 Å². The first-order chi connectivity index (χ1) is 10.5. The second kappa shape index (κ2) is 7.65. The summed E-state index contributed by atoms with van der Waals surface area (Å²) in [6.45, 7) is 3.67. The molecule has 1 aromatic heterocycles. The minimum Gasteiger partial charge on any atom is -0.484 e. The Morgan fingerprint density at radius 1 is 1.50 bits per heavy atom.